The highest BCUT2D eigenvalue weighted by atomic mass is 35.5. The van der Waals surface area contributed by atoms with E-state index in [4.69, 9.17) is 17.4 Å². The van der Waals surface area contributed by atoms with E-state index in [1.165, 1.54) is 4.88 Å². The molecule has 0 bridgehead atoms. The lowest BCUT2D eigenvalue weighted by atomic mass is 10.1. The van der Waals surface area contributed by atoms with Crippen molar-refractivity contribution in [2.45, 2.75) is 25.8 Å². The number of aryl methyl sites for hydroxylation is 2. The molecule has 0 aliphatic rings. The molecule has 18 heavy (non-hydrogen) atoms. The third-order valence-electron chi connectivity index (χ3n) is 2.96. The predicted molar refractivity (Wildman–Crippen MR) is 75.8 cm³/mol. The molecule has 1 unspecified atom stereocenters. The van der Waals surface area contributed by atoms with Crippen LogP contribution in [0.15, 0.2) is 17.5 Å². The van der Waals surface area contributed by atoms with Crippen LogP contribution in [0.4, 0.5) is 0 Å². The zero-order valence-corrected chi connectivity index (χ0v) is 12.1. The maximum absolute atomic E-state index is 6.25. The van der Waals surface area contributed by atoms with Gasteiger partial charge in [-0.25, -0.2) is 0 Å². The Labute approximate surface area is 116 Å². The molecule has 1 atom stereocenters. The van der Waals surface area contributed by atoms with Crippen LogP contribution < -0.4 is 11.3 Å². The van der Waals surface area contributed by atoms with Gasteiger partial charge in [-0.1, -0.05) is 17.7 Å². The normalized spacial score (nSPS) is 12.9. The summed E-state index contributed by atoms with van der Waals surface area (Å²) in [6.07, 6.45) is 1.67. The molecular formula is C12H17ClN4S. The first-order valence-electron chi connectivity index (χ1n) is 5.78. The summed E-state index contributed by atoms with van der Waals surface area (Å²) >= 11 is 7.99. The fourth-order valence-corrected chi connectivity index (χ4v) is 3.02. The SMILES string of the molecule is Cc1nn(C)c(CC(Cc2cccs2)NN)c1Cl. The van der Waals surface area contributed by atoms with Crippen molar-refractivity contribution in [3.8, 4) is 0 Å². The highest BCUT2D eigenvalue weighted by Gasteiger charge is 2.16. The first-order chi connectivity index (χ1) is 8.61. The second-order valence-corrected chi connectivity index (χ2v) is 5.73. The van der Waals surface area contributed by atoms with Gasteiger partial charge < -0.3 is 0 Å². The molecule has 0 radical (unpaired) electrons. The van der Waals surface area contributed by atoms with Gasteiger partial charge in [-0.05, 0) is 24.8 Å². The zero-order valence-electron chi connectivity index (χ0n) is 10.5. The summed E-state index contributed by atoms with van der Waals surface area (Å²) in [6, 6.07) is 4.33. The van der Waals surface area contributed by atoms with E-state index in [0.717, 1.165) is 29.3 Å². The molecule has 0 fully saturated rings. The lowest BCUT2D eigenvalue weighted by molar-refractivity contribution is 0.508. The van der Waals surface area contributed by atoms with Gasteiger partial charge in [0.1, 0.15) is 0 Å². The third-order valence-corrected chi connectivity index (χ3v) is 4.36. The number of rotatable bonds is 5. The molecule has 0 aliphatic carbocycles. The molecule has 0 saturated heterocycles. The van der Waals surface area contributed by atoms with Gasteiger partial charge >= 0.3 is 0 Å². The summed E-state index contributed by atoms with van der Waals surface area (Å²) < 4.78 is 1.83. The summed E-state index contributed by atoms with van der Waals surface area (Å²) in [5.74, 6) is 5.63. The third kappa shape index (κ3) is 2.92. The van der Waals surface area contributed by atoms with Crippen LogP contribution in [0, 0.1) is 6.92 Å². The Balaban J connectivity index is 2.10. The number of hydrazine groups is 1. The van der Waals surface area contributed by atoms with Crippen LogP contribution in [0.2, 0.25) is 5.02 Å². The molecule has 6 heteroatoms. The number of hydrogen-bond donors (Lipinski definition) is 2. The Morgan fingerprint density at radius 1 is 1.56 bits per heavy atom. The quantitative estimate of drug-likeness (QED) is 0.653. The maximum Gasteiger partial charge on any atom is 0.0847 e. The highest BCUT2D eigenvalue weighted by Crippen LogP contribution is 2.22. The smallest absolute Gasteiger partial charge is 0.0847 e. The van der Waals surface area contributed by atoms with Crippen LogP contribution in [0.25, 0.3) is 0 Å². The van der Waals surface area contributed by atoms with Crippen molar-refractivity contribution in [3.63, 3.8) is 0 Å². The van der Waals surface area contributed by atoms with Gasteiger partial charge in [0.25, 0.3) is 0 Å². The second kappa shape index (κ2) is 5.84. The van der Waals surface area contributed by atoms with Gasteiger partial charge in [0.15, 0.2) is 0 Å². The van der Waals surface area contributed by atoms with Crippen LogP contribution in [0.5, 0.6) is 0 Å². The van der Waals surface area contributed by atoms with Gasteiger partial charge in [-0.15, -0.1) is 11.3 Å². The van der Waals surface area contributed by atoms with E-state index in [0.29, 0.717) is 0 Å². The van der Waals surface area contributed by atoms with Crippen LogP contribution in [-0.4, -0.2) is 15.8 Å². The minimum atomic E-state index is 0.163. The molecule has 0 aliphatic heterocycles. The van der Waals surface area contributed by atoms with Crippen LogP contribution in [0.1, 0.15) is 16.3 Å². The predicted octanol–water partition coefficient (Wildman–Crippen LogP) is 2.06. The van der Waals surface area contributed by atoms with Gasteiger partial charge in [0.05, 0.1) is 16.4 Å². The number of nitrogens with one attached hydrogen (secondary N) is 1. The Morgan fingerprint density at radius 2 is 2.33 bits per heavy atom. The van der Waals surface area contributed by atoms with Crippen molar-refractivity contribution < 1.29 is 0 Å². The standard InChI is InChI=1S/C12H17ClN4S/c1-8-12(13)11(17(2)16-8)7-9(15-14)6-10-4-3-5-18-10/h3-5,9,15H,6-7,14H2,1-2H3. The summed E-state index contributed by atoms with van der Waals surface area (Å²) in [4.78, 5) is 1.31. The van der Waals surface area contributed by atoms with Crippen LogP contribution in [0.3, 0.4) is 0 Å². The molecule has 0 saturated carbocycles. The topological polar surface area (TPSA) is 55.9 Å². The Hall–Kier alpha value is -0.880. The number of nitrogens with two attached hydrogens (primary N) is 1. The van der Waals surface area contributed by atoms with Crippen molar-refractivity contribution in [2.24, 2.45) is 12.9 Å². The second-order valence-electron chi connectivity index (χ2n) is 4.32. The minimum Gasteiger partial charge on any atom is -0.271 e. The van der Waals surface area contributed by atoms with Crippen molar-refractivity contribution in [2.75, 3.05) is 0 Å². The van der Waals surface area contributed by atoms with Gasteiger partial charge in [-0.2, -0.15) is 5.10 Å². The lowest BCUT2D eigenvalue weighted by Crippen LogP contribution is -2.38. The molecule has 0 amide bonds. The molecule has 2 aromatic rings. The average molecular weight is 285 g/mol. The molecular weight excluding hydrogens is 268 g/mol. The molecule has 2 aromatic heterocycles. The Morgan fingerprint density at radius 3 is 2.83 bits per heavy atom. The fraction of sp³-hybridized carbons (Fsp3) is 0.417. The van der Waals surface area contributed by atoms with E-state index >= 15 is 0 Å². The van der Waals surface area contributed by atoms with Gasteiger partial charge in [0, 0.05) is 24.4 Å². The van der Waals surface area contributed by atoms with E-state index in [1.54, 1.807) is 11.3 Å². The summed E-state index contributed by atoms with van der Waals surface area (Å²) in [7, 11) is 1.91. The van der Waals surface area contributed by atoms with Crippen molar-refractivity contribution in [3.05, 3.63) is 38.8 Å². The van der Waals surface area contributed by atoms with Crippen LogP contribution >= 0.6 is 22.9 Å². The summed E-state index contributed by atoms with van der Waals surface area (Å²) in [6.45, 7) is 1.91. The molecule has 2 heterocycles. The van der Waals surface area contributed by atoms with Crippen molar-refractivity contribution in [1.29, 1.82) is 0 Å². The maximum atomic E-state index is 6.25. The number of nitrogens with zero attached hydrogens (tertiary/aromatic N) is 2. The Kier molecular flexibility index (Phi) is 4.40. The van der Waals surface area contributed by atoms with Gasteiger partial charge in [-0.3, -0.25) is 16.0 Å². The van der Waals surface area contributed by atoms with E-state index in [9.17, 15) is 0 Å². The zero-order chi connectivity index (χ0) is 13.1. The van der Waals surface area contributed by atoms with E-state index in [-0.39, 0.29) is 6.04 Å². The van der Waals surface area contributed by atoms with Gasteiger partial charge in [0.2, 0.25) is 0 Å². The Bertz CT molecular complexity index is 506. The monoisotopic (exact) mass is 284 g/mol. The van der Waals surface area contributed by atoms with E-state index in [1.807, 2.05) is 18.7 Å². The minimum absolute atomic E-state index is 0.163. The number of halogens is 1. The van der Waals surface area contributed by atoms with E-state index in [2.05, 4.69) is 28.0 Å². The fourth-order valence-electron chi connectivity index (χ4n) is 2.00. The molecule has 3 N–H and O–H groups in total. The van der Waals surface area contributed by atoms with Crippen LogP contribution in [-0.2, 0) is 19.9 Å². The first kappa shape index (κ1) is 13.5. The number of thiophene rings is 1. The number of hydrogen-bond acceptors (Lipinski definition) is 4. The lowest BCUT2D eigenvalue weighted by Gasteiger charge is -2.15. The molecule has 0 spiro atoms. The summed E-state index contributed by atoms with van der Waals surface area (Å²) in [5.41, 5.74) is 4.74. The van der Waals surface area contributed by atoms with Crippen molar-refractivity contribution >= 4 is 22.9 Å². The first-order valence-corrected chi connectivity index (χ1v) is 7.04. The molecule has 4 nitrogen and oxygen atoms in total. The average Bonchev–Trinajstić information content (AvgIpc) is 2.92. The van der Waals surface area contributed by atoms with Crippen molar-refractivity contribution in [1.82, 2.24) is 15.2 Å². The highest BCUT2D eigenvalue weighted by molar-refractivity contribution is 7.09. The van der Waals surface area contributed by atoms with E-state index < -0.39 is 0 Å². The molecule has 2 rings (SSSR count). The molecule has 0 aromatic carbocycles. The summed E-state index contributed by atoms with van der Waals surface area (Å²) in [5, 5.41) is 7.13. The largest absolute Gasteiger partial charge is 0.271 e. The number of aromatic nitrogens is 2. The molecule has 98 valence electrons.